The van der Waals surface area contributed by atoms with Crippen LogP contribution in [0.5, 0.6) is 11.5 Å². The molecule has 4 rings (SSSR count). The number of likely N-dealkylation sites (tertiary alicyclic amines) is 1. The van der Waals surface area contributed by atoms with Crippen LogP contribution in [0.4, 0.5) is 0 Å². The van der Waals surface area contributed by atoms with Crippen LogP contribution in [0.2, 0.25) is 0 Å². The Kier molecular flexibility index (Phi) is 3.89. The van der Waals surface area contributed by atoms with Crippen LogP contribution in [0, 0.1) is 5.92 Å². The Morgan fingerprint density at radius 3 is 2.87 bits per heavy atom. The highest BCUT2D eigenvalue weighted by atomic mass is 16.7. The van der Waals surface area contributed by atoms with E-state index >= 15 is 0 Å². The van der Waals surface area contributed by atoms with Gasteiger partial charge in [-0.15, -0.1) is 0 Å². The van der Waals surface area contributed by atoms with Crippen molar-refractivity contribution >= 4 is 5.91 Å². The van der Waals surface area contributed by atoms with Crippen LogP contribution in [0.25, 0.3) is 0 Å². The lowest BCUT2D eigenvalue weighted by molar-refractivity contribution is -0.137. The summed E-state index contributed by atoms with van der Waals surface area (Å²) in [7, 11) is 0. The van der Waals surface area contributed by atoms with Crippen LogP contribution in [0.1, 0.15) is 50.1 Å². The van der Waals surface area contributed by atoms with Gasteiger partial charge in [0.1, 0.15) is 0 Å². The van der Waals surface area contributed by atoms with E-state index in [2.05, 4.69) is 11.0 Å². The zero-order valence-electron chi connectivity index (χ0n) is 13.4. The maximum absolute atomic E-state index is 13.0. The lowest BCUT2D eigenvalue weighted by Gasteiger charge is -2.32. The number of hydrogen-bond acceptors (Lipinski definition) is 4. The second-order valence-corrected chi connectivity index (χ2v) is 6.93. The van der Waals surface area contributed by atoms with Crippen molar-refractivity contribution in [1.29, 1.82) is 0 Å². The van der Waals surface area contributed by atoms with Crippen LogP contribution in [0.3, 0.4) is 0 Å². The van der Waals surface area contributed by atoms with Crippen molar-refractivity contribution in [2.45, 2.75) is 50.6 Å². The van der Waals surface area contributed by atoms with Gasteiger partial charge in [0.2, 0.25) is 12.7 Å². The minimum absolute atomic E-state index is 0.105. The number of nitrogens with two attached hydrogens (primary N) is 1. The smallest absolute Gasteiger partial charge is 0.231 e. The van der Waals surface area contributed by atoms with Gasteiger partial charge in [-0.1, -0.05) is 12.5 Å². The van der Waals surface area contributed by atoms with E-state index in [9.17, 15) is 4.79 Å². The maximum atomic E-state index is 13.0. The fourth-order valence-corrected chi connectivity index (χ4v) is 4.18. The highest BCUT2D eigenvalue weighted by Gasteiger charge is 2.36. The molecule has 0 unspecified atom stereocenters. The van der Waals surface area contributed by atoms with E-state index < -0.39 is 0 Å². The van der Waals surface area contributed by atoms with Crippen molar-refractivity contribution in [1.82, 2.24) is 4.90 Å². The molecular formula is C18H24N2O3. The monoisotopic (exact) mass is 316 g/mol. The Hall–Kier alpha value is -1.75. The van der Waals surface area contributed by atoms with Crippen molar-refractivity contribution in [3.8, 4) is 11.5 Å². The molecule has 3 aliphatic rings. The van der Waals surface area contributed by atoms with E-state index in [-0.39, 0.29) is 24.8 Å². The molecule has 2 N–H and O–H groups in total. The first kappa shape index (κ1) is 14.8. The topological polar surface area (TPSA) is 64.8 Å². The van der Waals surface area contributed by atoms with Crippen LogP contribution < -0.4 is 15.2 Å². The Labute approximate surface area is 136 Å². The fourth-order valence-electron chi connectivity index (χ4n) is 4.18. The molecule has 5 heteroatoms. The molecule has 0 aromatic heterocycles. The molecule has 0 bridgehead atoms. The molecule has 124 valence electrons. The first-order valence-electron chi connectivity index (χ1n) is 8.68. The molecule has 1 aromatic rings. The summed E-state index contributed by atoms with van der Waals surface area (Å²) in [5.74, 6) is 1.98. The molecule has 3 atom stereocenters. The van der Waals surface area contributed by atoms with E-state index in [1.165, 1.54) is 0 Å². The lowest BCUT2D eigenvalue weighted by atomic mass is 9.85. The number of rotatable bonds is 2. The third-order valence-electron chi connectivity index (χ3n) is 5.38. The number of fused-ring (bicyclic) bond motifs is 1. The third-order valence-corrected chi connectivity index (χ3v) is 5.38. The normalized spacial score (nSPS) is 29.8. The summed E-state index contributed by atoms with van der Waals surface area (Å²) in [5.41, 5.74) is 7.22. The largest absolute Gasteiger partial charge is 0.454 e. The molecule has 0 radical (unpaired) electrons. The Morgan fingerprint density at radius 2 is 2.00 bits per heavy atom. The number of ether oxygens (including phenoxy) is 2. The predicted octanol–water partition coefficient (Wildman–Crippen LogP) is 2.60. The molecular weight excluding hydrogens is 292 g/mol. The van der Waals surface area contributed by atoms with E-state index in [0.29, 0.717) is 5.91 Å². The van der Waals surface area contributed by atoms with Gasteiger partial charge in [0.15, 0.2) is 11.5 Å². The standard InChI is InChI=1S/C18H24N2O3/c19-14-4-1-3-13(9-14)18(21)20-8-2-5-15(20)12-6-7-16-17(10-12)23-11-22-16/h6-7,10,13-15H,1-5,8-9,11,19H2/t13-,14+,15-/m0/s1. The average molecular weight is 316 g/mol. The van der Waals surface area contributed by atoms with Gasteiger partial charge >= 0.3 is 0 Å². The molecule has 1 amide bonds. The fraction of sp³-hybridized carbons (Fsp3) is 0.611. The van der Waals surface area contributed by atoms with E-state index in [4.69, 9.17) is 15.2 Å². The van der Waals surface area contributed by atoms with Gasteiger partial charge in [-0.25, -0.2) is 0 Å². The predicted molar refractivity (Wildman–Crippen MR) is 86.2 cm³/mol. The summed E-state index contributed by atoms with van der Waals surface area (Å²) in [6, 6.07) is 6.40. The second-order valence-electron chi connectivity index (χ2n) is 6.93. The highest BCUT2D eigenvalue weighted by Crippen LogP contribution is 2.40. The van der Waals surface area contributed by atoms with E-state index in [1.807, 2.05) is 12.1 Å². The zero-order chi connectivity index (χ0) is 15.8. The van der Waals surface area contributed by atoms with Gasteiger partial charge in [-0.05, 0) is 49.8 Å². The SMILES string of the molecule is N[C@@H]1CCC[C@H](C(=O)N2CCC[C@H]2c2ccc3c(c2)OCO3)C1. The molecule has 1 aromatic carbocycles. The molecule has 2 aliphatic heterocycles. The minimum Gasteiger partial charge on any atom is -0.454 e. The zero-order valence-corrected chi connectivity index (χ0v) is 13.4. The second kappa shape index (κ2) is 6.04. The Morgan fingerprint density at radius 1 is 1.13 bits per heavy atom. The van der Waals surface area contributed by atoms with Gasteiger partial charge in [-0.2, -0.15) is 0 Å². The number of benzene rings is 1. The average Bonchev–Trinajstić information content (AvgIpc) is 3.22. The number of carbonyl (C=O) groups is 1. The summed E-state index contributed by atoms with van der Waals surface area (Å²) in [6.07, 6.45) is 6.02. The van der Waals surface area contributed by atoms with E-state index in [0.717, 1.165) is 62.1 Å². The molecule has 5 nitrogen and oxygen atoms in total. The summed E-state index contributed by atoms with van der Waals surface area (Å²) >= 11 is 0. The molecule has 1 saturated carbocycles. The lowest BCUT2D eigenvalue weighted by Crippen LogP contribution is -2.40. The van der Waals surface area contributed by atoms with Crippen molar-refractivity contribution < 1.29 is 14.3 Å². The van der Waals surface area contributed by atoms with Gasteiger partial charge in [0.05, 0.1) is 6.04 Å². The number of carbonyl (C=O) groups excluding carboxylic acids is 1. The molecule has 2 heterocycles. The molecule has 2 fully saturated rings. The van der Waals surface area contributed by atoms with Crippen LogP contribution in [-0.2, 0) is 4.79 Å². The molecule has 0 spiro atoms. The van der Waals surface area contributed by atoms with Crippen LogP contribution in [-0.4, -0.2) is 30.2 Å². The van der Waals surface area contributed by atoms with Crippen LogP contribution in [0.15, 0.2) is 18.2 Å². The Bertz CT molecular complexity index is 604. The third kappa shape index (κ3) is 2.78. The number of hydrogen-bond donors (Lipinski definition) is 1. The van der Waals surface area contributed by atoms with Gasteiger partial charge < -0.3 is 20.1 Å². The summed E-state index contributed by atoms with van der Waals surface area (Å²) in [5, 5.41) is 0. The van der Waals surface area contributed by atoms with Crippen molar-refractivity contribution in [2.75, 3.05) is 13.3 Å². The Balaban J connectivity index is 1.53. The summed E-state index contributed by atoms with van der Waals surface area (Å²) < 4.78 is 10.9. The molecule has 1 saturated heterocycles. The molecule has 1 aliphatic carbocycles. The summed E-state index contributed by atoms with van der Waals surface area (Å²) in [4.78, 5) is 15.0. The van der Waals surface area contributed by atoms with Gasteiger partial charge in [0, 0.05) is 18.5 Å². The highest BCUT2D eigenvalue weighted by molar-refractivity contribution is 5.80. The number of nitrogens with zero attached hydrogens (tertiary/aromatic N) is 1. The van der Waals surface area contributed by atoms with Crippen LogP contribution >= 0.6 is 0 Å². The van der Waals surface area contributed by atoms with Crippen molar-refractivity contribution in [3.05, 3.63) is 23.8 Å². The maximum Gasteiger partial charge on any atom is 0.231 e. The minimum atomic E-state index is 0.105. The summed E-state index contributed by atoms with van der Waals surface area (Å²) in [6.45, 7) is 1.13. The van der Waals surface area contributed by atoms with Crippen molar-refractivity contribution in [3.63, 3.8) is 0 Å². The van der Waals surface area contributed by atoms with Gasteiger partial charge in [-0.3, -0.25) is 4.79 Å². The number of amides is 1. The first-order valence-corrected chi connectivity index (χ1v) is 8.68. The molecule has 23 heavy (non-hydrogen) atoms. The van der Waals surface area contributed by atoms with Gasteiger partial charge in [0.25, 0.3) is 0 Å². The quantitative estimate of drug-likeness (QED) is 0.911. The van der Waals surface area contributed by atoms with E-state index in [1.54, 1.807) is 0 Å². The first-order chi connectivity index (χ1) is 11.2. The van der Waals surface area contributed by atoms with Crippen molar-refractivity contribution in [2.24, 2.45) is 11.7 Å².